The van der Waals surface area contributed by atoms with Crippen LogP contribution in [0.4, 0.5) is 11.4 Å². The largest absolute Gasteiger partial charge is 0.487 e. The summed E-state index contributed by atoms with van der Waals surface area (Å²) in [5.41, 5.74) is 0.377. The number of nitro groups is 1. The molecule has 0 bridgehead atoms. The van der Waals surface area contributed by atoms with Crippen LogP contribution in [0.3, 0.4) is 0 Å². The first-order chi connectivity index (χ1) is 10.0. The van der Waals surface area contributed by atoms with E-state index in [-0.39, 0.29) is 16.2 Å². The van der Waals surface area contributed by atoms with Gasteiger partial charge < -0.3 is 14.4 Å². The van der Waals surface area contributed by atoms with Crippen LogP contribution in [0.1, 0.15) is 27.2 Å². The molecule has 0 amide bonds. The molecule has 1 saturated heterocycles. The standard InChI is InChI=1S/C15H22N2O4/c1-4-15(3)11-16(9-10-21-15)12-7-6-8-13(20-5-2)14(12)17(18)19/h6-8H,4-5,9-11H2,1-3H3. The van der Waals surface area contributed by atoms with E-state index in [0.29, 0.717) is 37.7 Å². The summed E-state index contributed by atoms with van der Waals surface area (Å²) in [4.78, 5) is 13.1. The lowest BCUT2D eigenvalue weighted by Gasteiger charge is -2.41. The molecule has 1 atom stereocenters. The van der Waals surface area contributed by atoms with Crippen molar-refractivity contribution in [1.82, 2.24) is 0 Å². The summed E-state index contributed by atoms with van der Waals surface area (Å²) in [6.07, 6.45) is 0.864. The number of benzene rings is 1. The van der Waals surface area contributed by atoms with E-state index in [0.717, 1.165) is 6.42 Å². The van der Waals surface area contributed by atoms with Crippen LogP contribution in [0.25, 0.3) is 0 Å². The van der Waals surface area contributed by atoms with Gasteiger partial charge in [-0.05, 0) is 32.4 Å². The van der Waals surface area contributed by atoms with Crippen molar-refractivity contribution in [3.8, 4) is 5.75 Å². The second kappa shape index (κ2) is 6.30. The van der Waals surface area contributed by atoms with Gasteiger partial charge in [-0.15, -0.1) is 0 Å². The van der Waals surface area contributed by atoms with Crippen molar-refractivity contribution in [2.45, 2.75) is 32.8 Å². The van der Waals surface area contributed by atoms with Crippen molar-refractivity contribution < 1.29 is 14.4 Å². The first kappa shape index (κ1) is 15.6. The number of para-hydroxylation sites is 1. The molecule has 1 unspecified atom stereocenters. The highest BCUT2D eigenvalue weighted by atomic mass is 16.6. The quantitative estimate of drug-likeness (QED) is 0.617. The number of rotatable bonds is 5. The van der Waals surface area contributed by atoms with Gasteiger partial charge in [-0.25, -0.2) is 0 Å². The molecule has 6 nitrogen and oxygen atoms in total. The number of ether oxygens (including phenoxy) is 2. The van der Waals surface area contributed by atoms with Gasteiger partial charge >= 0.3 is 5.69 Å². The van der Waals surface area contributed by atoms with Crippen molar-refractivity contribution in [1.29, 1.82) is 0 Å². The van der Waals surface area contributed by atoms with Crippen LogP contribution >= 0.6 is 0 Å². The maximum Gasteiger partial charge on any atom is 0.333 e. The molecule has 6 heteroatoms. The highest BCUT2D eigenvalue weighted by Gasteiger charge is 2.34. The number of nitro benzene ring substituents is 1. The Bertz CT molecular complexity index is 520. The molecule has 0 N–H and O–H groups in total. The normalized spacial score (nSPS) is 22.1. The molecular formula is C15H22N2O4. The third kappa shape index (κ3) is 3.26. The molecule has 0 spiro atoms. The number of anilines is 1. The number of hydrogen-bond acceptors (Lipinski definition) is 5. The molecular weight excluding hydrogens is 272 g/mol. The molecule has 0 aliphatic carbocycles. The highest BCUT2D eigenvalue weighted by Crippen LogP contribution is 2.39. The molecule has 116 valence electrons. The molecule has 1 aliphatic heterocycles. The SMILES string of the molecule is CCOc1cccc(N2CCOC(C)(CC)C2)c1[N+](=O)[O-]. The Balaban J connectivity index is 2.38. The van der Waals surface area contributed by atoms with Crippen molar-refractivity contribution >= 4 is 11.4 Å². The zero-order chi connectivity index (χ0) is 15.5. The maximum absolute atomic E-state index is 11.5. The Labute approximate surface area is 124 Å². The van der Waals surface area contributed by atoms with Crippen LogP contribution < -0.4 is 9.64 Å². The number of nitrogens with zero attached hydrogens (tertiary/aromatic N) is 2. The lowest BCUT2D eigenvalue weighted by molar-refractivity contribution is -0.385. The molecule has 1 aliphatic rings. The van der Waals surface area contributed by atoms with E-state index in [1.165, 1.54) is 0 Å². The maximum atomic E-state index is 11.5. The molecule has 2 rings (SSSR count). The van der Waals surface area contributed by atoms with Crippen LogP contribution in [0.5, 0.6) is 5.75 Å². The van der Waals surface area contributed by atoms with E-state index in [1.54, 1.807) is 18.2 Å². The molecule has 0 radical (unpaired) electrons. The van der Waals surface area contributed by atoms with Crippen LogP contribution in [0, 0.1) is 10.1 Å². The smallest absolute Gasteiger partial charge is 0.333 e. The summed E-state index contributed by atoms with van der Waals surface area (Å²) in [6.45, 7) is 8.18. The molecule has 1 heterocycles. The molecule has 1 aromatic carbocycles. The van der Waals surface area contributed by atoms with Crippen LogP contribution in [-0.4, -0.2) is 36.8 Å². The summed E-state index contributed by atoms with van der Waals surface area (Å²) < 4.78 is 11.2. The zero-order valence-electron chi connectivity index (χ0n) is 12.8. The van der Waals surface area contributed by atoms with Crippen molar-refractivity contribution in [3.05, 3.63) is 28.3 Å². The van der Waals surface area contributed by atoms with Gasteiger partial charge in [-0.1, -0.05) is 13.0 Å². The van der Waals surface area contributed by atoms with Crippen molar-refractivity contribution in [2.75, 3.05) is 31.2 Å². The van der Waals surface area contributed by atoms with Gasteiger partial charge in [-0.2, -0.15) is 0 Å². The second-order valence-corrected chi connectivity index (χ2v) is 5.39. The Hall–Kier alpha value is -1.82. The first-order valence-electron chi connectivity index (χ1n) is 7.30. The summed E-state index contributed by atoms with van der Waals surface area (Å²) in [6, 6.07) is 5.22. The van der Waals surface area contributed by atoms with E-state index in [2.05, 4.69) is 6.92 Å². The van der Waals surface area contributed by atoms with Gasteiger partial charge in [0.15, 0.2) is 5.75 Å². The Morgan fingerprint density at radius 1 is 1.48 bits per heavy atom. The summed E-state index contributed by atoms with van der Waals surface area (Å²) in [5.74, 6) is 0.324. The zero-order valence-corrected chi connectivity index (χ0v) is 12.8. The summed E-state index contributed by atoms with van der Waals surface area (Å²) >= 11 is 0. The van der Waals surface area contributed by atoms with Gasteiger partial charge in [-0.3, -0.25) is 10.1 Å². The van der Waals surface area contributed by atoms with Crippen molar-refractivity contribution in [3.63, 3.8) is 0 Å². The van der Waals surface area contributed by atoms with Gasteiger partial charge in [0.2, 0.25) is 0 Å². The Morgan fingerprint density at radius 2 is 2.24 bits per heavy atom. The highest BCUT2D eigenvalue weighted by molar-refractivity contribution is 5.70. The van der Waals surface area contributed by atoms with Gasteiger partial charge in [0.1, 0.15) is 5.69 Å². The van der Waals surface area contributed by atoms with Gasteiger partial charge in [0.05, 0.1) is 23.7 Å². The summed E-state index contributed by atoms with van der Waals surface area (Å²) in [7, 11) is 0. The number of hydrogen-bond donors (Lipinski definition) is 0. The minimum atomic E-state index is -0.362. The van der Waals surface area contributed by atoms with Gasteiger partial charge in [0.25, 0.3) is 0 Å². The van der Waals surface area contributed by atoms with E-state index in [4.69, 9.17) is 9.47 Å². The monoisotopic (exact) mass is 294 g/mol. The third-order valence-electron chi connectivity index (χ3n) is 3.89. The predicted octanol–water partition coefficient (Wildman–Crippen LogP) is 3.00. The second-order valence-electron chi connectivity index (χ2n) is 5.39. The average molecular weight is 294 g/mol. The van der Waals surface area contributed by atoms with E-state index in [1.807, 2.05) is 18.7 Å². The van der Waals surface area contributed by atoms with Crippen LogP contribution in [0.2, 0.25) is 0 Å². The third-order valence-corrected chi connectivity index (χ3v) is 3.89. The van der Waals surface area contributed by atoms with Crippen molar-refractivity contribution in [2.24, 2.45) is 0 Å². The Kier molecular flexibility index (Phi) is 4.67. The van der Waals surface area contributed by atoms with E-state index >= 15 is 0 Å². The van der Waals surface area contributed by atoms with E-state index < -0.39 is 0 Å². The fourth-order valence-electron chi connectivity index (χ4n) is 2.57. The van der Waals surface area contributed by atoms with Crippen LogP contribution in [0.15, 0.2) is 18.2 Å². The average Bonchev–Trinajstić information content (AvgIpc) is 2.47. The van der Waals surface area contributed by atoms with E-state index in [9.17, 15) is 10.1 Å². The molecule has 21 heavy (non-hydrogen) atoms. The fourth-order valence-corrected chi connectivity index (χ4v) is 2.57. The fraction of sp³-hybridized carbons (Fsp3) is 0.600. The van der Waals surface area contributed by atoms with Gasteiger partial charge in [0, 0.05) is 13.1 Å². The summed E-state index contributed by atoms with van der Waals surface area (Å²) in [5, 5.41) is 11.5. The topological polar surface area (TPSA) is 64.8 Å². The molecule has 1 fully saturated rings. The molecule has 0 aromatic heterocycles. The minimum Gasteiger partial charge on any atom is -0.487 e. The number of morpholine rings is 1. The van der Waals surface area contributed by atoms with Crippen LogP contribution in [-0.2, 0) is 4.74 Å². The molecule has 0 saturated carbocycles. The lowest BCUT2D eigenvalue weighted by Crippen LogP contribution is -2.50. The molecule has 1 aromatic rings. The Morgan fingerprint density at radius 3 is 2.86 bits per heavy atom. The first-order valence-corrected chi connectivity index (χ1v) is 7.30. The predicted molar refractivity (Wildman–Crippen MR) is 81.1 cm³/mol. The minimum absolute atomic E-state index is 0.0414. The lowest BCUT2D eigenvalue weighted by atomic mass is 10.0.